The Morgan fingerprint density at radius 3 is 1.17 bits per heavy atom. The van der Waals surface area contributed by atoms with Gasteiger partial charge in [0.2, 0.25) is 0 Å². The fraction of sp³-hybridized carbons (Fsp3) is 0. The molecule has 0 fully saturated rings. The molecule has 0 bridgehead atoms. The maximum absolute atomic E-state index is 4.51. The second kappa shape index (κ2) is 11.9. The van der Waals surface area contributed by atoms with Gasteiger partial charge in [0.05, 0.1) is 0 Å². The fourth-order valence-electron chi connectivity index (χ4n) is 8.73. The first kappa shape index (κ1) is 30.0. The van der Waals surface area contributed by atoms with E-state index in [1.54, 1.807) is 0 Å². The van der Waals surface area contributed by atoms with Crippen molar-refractivity contribution in [3.05, 3.63) is 183 Å². The molecule has 0 saturated carbocycles. The average molecular weight is 691 g/mol. The molecule has 0 N–H and O–H groups in total. The van der Waals surface area contributed by atoms with E-state index in [0.29, 0.717) is 0 Å². The molecule has 53 heavy (non-hydrogen) atoms. The van der Waals surface area contributed by atoms with Crippen molar-refractivity contribution < 1.29 is 0 Å². The summed E-state index contributed by atoms with van der Waals surface area (Å²) >= 11 is 1.90. The van der Waals surface area contributed by atoms with Crippen LogP contribution in [0.3, 0.4) is 0 Å². The lowest BCUT2D eigenvalue weighted by atomic mass is 9.84. The van der Waals surface area contributed by atoms with Gasteiger partial charge in [-0.25, -0.2) is 0 Å². The normalized spacial score (nSPS) is 11.8. The molecule has 3 heterocycles. The summed E-state index contributed by atoms with van der Waals surface area (Å²) in [4.78, 5) is 9.02. The molecule has 11 aromatic rings. The maximum Gasteiger partial charge on any atom is 0.0434 e. The van der Waals surface area contributed by atoms with Crippen molar-refractivity contribution in [2.75, 3.05) is 0 Å². The molecule has 0 saturated heterocycles. The Hall–Kier alpha value is -6.68. The lowest BCUT2D eigenvalue weighted by molar-refractivity contribution is 1.33. The summed E-state index contributed by atoms with van der Waals surface area (Å²) in [6, 6.07) is 57.7. The Morgan fingerprint density at radius 2 is 0.717 bits per heavy atom. The summed E-state index contributed by atoms with van der Waals surface area (Å²) < 4.78 is 2.59. The lowest BCUT2D eigenvalue weighted by Gasteiger charge is -2.18. The average Bonchev–Trinajstić information content (AvgIpc) is 3.62. The molecule has 8 aromatic carbocycles. The standard InChI is InChI=1S/C50H30N2S/c1-5-19-37-33(15-1)45(31-13-11-27-51-29-31)34-16-2-6-20-38(34)47(37)41-23-10-26-44-49(41)43-25-9-24-42(50(43)53-44)48-39-21-7-3-17-35(39)46(32-14-12-28-52-30-32)36-18-4-8-22-40(36)48/h1-30H. The quantitative estimate of drug-likeness (QED) is 0.172. The van der Waals surface area contributed by atoms with Gasteiger partial charge in [-0.05, 0) is 89.1 Å². The van der Waals surface area contributed by atoms with Gasteiger partial charge in [-0.3, -0.25) is 9.97 Å². The minimum atomic E-state index is 1.13. The van der Waals surface area contributed by atoms with Crippen LogP contribution in [0.4, 0.5) is 0 Å². The van der Waals surface area contributed by atoms with Crippen LogP contribution in [0.15, 0.2) is 183 Å². The van der Waals surface area contributed by atoms with Crippen LogP contribution in [-0.2, 0) is 0 Å². The van der Waals surface area contributed by atoms with Gasteiger partial charge in [-0.15, -0.1) is 11.3 Å². The summed E-state index contributed by atoms with van der Waals surface area (Å²) in [7, 11) is 0. The zero-order valence-corrected chi connectivity index (χ0v) is 29.4. The molecule has 2 nitrogen and oxygen atoms in total. The molecule has 0 aliphatic carbocycles. The Kier molecular flexibility index (Phi) is 6.76. The molecule has 0 amide bonds. The van der Waals surface area contributed by atoms with E-state index >= 15 is 0 Å². The lowest BCUT2D eigenvalue weighted by Crippen LogP contribution is -1.92. The van der Waals surface area contributed by atoms with Crippen LogP contribution >= 0.6 is 11.3 Å². The van der Waals surface area contributed by atoms with E-state index < -0.39 is 0 Å². The number of hydrogen-bond acceptors (Lipinski definition) is 3. The fourth-order valence-corrected chi connectivity index (χ4v) is 9.98. The highest BCUT2D eigenvalue weighted by atomic mass is 32.1. The predicted octanol–water partition coefficient (Wildman–Crippen LogP) is 14.1. The number of benzene rings is 8. The number of nitrogens with zero attached hydrogens (tertiary/aromatic N) is 2. The van der Waals surface area contributed by atoms with E-state index in [9.17, 15) is 0 Å². The second-order valence-electron chi connectivity index (χ2n) is 13.6. The van der Waals surface area contributed by atoms with Crippen molar-refractivity contribution in [3.8, 4) is 44.5 Å². The Bertz CT molecular complexity index is 3100. The van der Waals surface area contributed by atoms with Crippen molar-refractivity contribution in [2.24, 2.45) is 0 Å². The van der Waals surface area contributed by atoms with Gasteiger partial charge in [0, 0.05) is 61.7 Å². The Balaban J connectivity index is 1.24. The first-order chi connectivity index (χ1) is 26.3. The molecular formula is C50H30N2S. The SMILES string of the molecule is c1cncc(-c2c3ccccc3c(-c3cccc4c3sc3cccc(-c5c6ccccc6c(-c6cccnc6)c6ccccc56)c34)c3ccccc23)c1. The van der Waals surface area contributed by atoms with Gasteiger partial charge in [0.25, 0.3) is 0 Å². The highest BCUT2D eigenvalue weighted by molar-refractivity contribution is 7.26. The van der Waals surface area contributed by atoms with Crippen LogP contribution in [-0.4, -0.2) is 9.97 Å². The third kappa shape index (κ3) is 4.51. The number of aromatic nitrogens is 2. The summed E-state index contributed by atoms with van der Waals surface area (Å²) in [5, 5.41) is 12.5. The highest BCUT2D eigenvalue weighted by Gasteiger charge is 2.22. The zero-order chi connectivity index (χ0) is 34.9. The number of rotatable bonds is 4. The van der Waals surface area contributed by atoms with Gasteiger partial charge in [-0.2, -0.15) is 0 Å². The molecule has 0 spiro atoms. The van der Waals surface area contributed by atoms with Crippen LogP contribution in [0.5, 0.6) is 0 Å². The van der Waals surface area contributed by atoms with Gasteiger partial charge in [0.15, 0.2) is 0 Å². The van der Waals surface area contributed by atoms with Crippen LogP contribution in [0.25, 0.3) is 108 Å². The number of fused-ring (bicyclic) bond motifs is 7. The number of thiophene rings is 1. The second-order valence-corrected chi connectivity index (χ2v) is 14.7. The van der Waals surface area contributed by atoms with Crippen LogP contribution in [0.1, 0.15) is 0 Å². The van der Waals surface area contributed by atoms with Gasteiger partial charge < -0.3 is 0 Å². The minimum absolute atomic E-state index is 1.13. The Labute approximate surface area is 310 Å². The smallest absolute Gasteiger partial charge is 0.0434 e. The third-order valence-corrected chi connectivity index (χ3v) is 12.0. The molecule has 0 aliphatic rings. The van der Waals surface area contributed by atoms with Crippen molar-refractivity contribution in [2.45, 2.75) is 0 Å². The molecule has 11 rings (SSSR count). The van der Waals surface area contributed by atoms with Crippen molar-refractivity contribution in [1.82, 2.24) is 9.97 Å². The van der Waals surface area contributed by atoms with E-state index in [2.05, 4.69) is 156 Å². The van der Waals surface area contributed by atoms with Crippen LogP contribution in [0, 0.1) is 0 Å². The molecular weight excluding hydrogens is 661 g/mol. The molecule has 3 aromatic heterocycles. The summed E-state index contributed by atoms with van der Waals surface area (Å²) in [5.74, 6) is 0. The predicted molar refractivity (Wildman–Crippen MR) is 227 cm³/mol. The number of pyridine rings is 2. The van der Waals surface area contributed by atoms with Crippen molar-refractivity contribution in [1.29, 1.82) is 0 Å². The molecule has 0 unspecified atom stereocenters. The first-order valence-electron chi connectivity index (χ1n) is 18.0. The highest BCUT2D eigenvalue weighted by Crippen LogP contribution is 2.51. The monoisotopic (exact) mass is 690 g/mol. The Morgan fingerprint density at radius 1 is 0.321 bits per heavy atom. The minimum Gasteiger partial charge on any atom is -0.264 e. The number of hydrogen-bond donors (Lipinski definition) is 0. The molecule has 0 aliphatic heterocycles. The molecule has 0 radical (unpaired) electrons. The van der Waals surface area contributed by atoms with Crippen molar-refractivity contribution >= 4 is 74.6 Å². The van der Waals surface area contributed by atoms with Gasteiger partial charge in [0.1, 0.15) is 0 Å². The van der Waals surface area contributed by atoms with E-state index in [-0.39, 0.29) is 0 Å². The molecule has 3 heteroatoms. The third-order valence-electron chi connectivity index (χ3n) is 10.8. The van der Waals surface area contributed by atoms with E-state index in [1.165, 1.54) is 96.6 Å². The zero-order valence-electron chi connectivity index (χ0n) is 28.6. The van der Waals surface area contributed by atoms with E-state index in [1.807, 2.05) is 48.3 Å². The summed E-state index contributed by atoms with van der Waals surface area (Å²) in [6.07, 6.45) is 7.66. The largest absolute Gasteiger partial charge is 0.264 e. The maximum atomic E-state index is 4.51. The summed E-state index contributed by atoms with van der Waals surface area (Å²) in [5.41, 5.74) is 9.79. The van der Waals surface area contributed by atoms with Gasteiger partial charge >= 0.3 is 0 Å². The van der Waals surface area contributed by atoms with Crippen LogP contribution in [0.2, 0.25) is 0 Å². The van der Waals surface area contributed by atoms with Crippen molar-refractivity contribution in [3.63, 3.8) is 0 Å². The van der Waals surface area contributed by atoms with Gasteiger partial charge in [-0.1, -0.05) is 140 Å². The summed E-state index contributed by atoms with van der Waals surface area (Å²) in [6.45, 7) is 0. The van der Waals surface area contributed by atoms with Crippen LogP contribution < -0.4 is 0 Å². The van der Waals surface area contributed by atoms with E-state index in [4.69, 9.17) is 0 Å². The molecule has 246 valence electrons. The van der Waals surface area contributed by atoms with E-state index in [0.717, 1.165) is 11.1 Å². The topological polar surface area (TPSA) is 25.8 Å². The molecule has 0 atom stereocenters. The first-order valence-corrected chi connectivity index (χ1v) is 18.8.